The molecule has 19 heavy (non-hydrogen) atoms. The van der Waals surface area contributed by atoms with E-state index in [4.69, 9.17) is 0 Å². The monoisotopic (exact) mass is 281 g/mol. The van der Waals surface area contributed by atoms with E-state index in [1.54, 1.807) is 0 Å². The summed E-state index contributed by atoms with van der Waals surface area (Å²) in [7, 11) is 0. The van der Waals surface area contributed by atoms with Gasteiger partial charge in [0.15, 0.2) is 5.84 Å². The molecule has 0 spiro atoms. The van der Waals surface area contributed by atoms with Crippen LogP contribution >= 0.6 is 0 Å². The van der Waals surface area contributed by atoms with Crippen LogP contribution in [0.2, 0.25) is 0 Å². The summed E-state index contributed by atoms with van der Waals surface area (Å²) in [4.78, 5) is 16.3. The lowest BCUT2D eigenvalue weighted by molar-refractivity contribution is -0.395. The van der Waals surface area contributed by atoms with E-state index in [0.717, 1.165) is 6.42 Å². The molecule has 5 heteroatoms. The van der Waals surface area contributed by atoms with Gasteiger partial charge in [-0.05, 0) is 18.9 Å². The number of rotatable bonds is 4. The van der Waals surface area contributed by atoms with Gasteiger partial charge in [0.25, 0.3) is 5.91 Å². The van der Waals surface area contributed by atoms with Crippen LogP contribution in [0.5, 0.6) is 0 Å². The summed E-state index contributed by atoms with van der Waals surface area (Å²) in [6, 6.07) is 10.1. The van der Waals surface area contributed by atoms with Crippen molar-refractivity contribution in [1.29, 1.82) is 0 Å². The quantitative estimate of drug-likeness (QED) is 0.632. The highest BCUT2D eigenvalue weighted by Gasteiger charge is 2.39. The molecule has 2 rings (SSSR count). The first-order valence-corrected chi connectivity index (χ1v) is 6.33. The van der Waals surface area contributed by atoms with Crippen LogP contribution in [-0.2, 0) is 11.2 Å². The van der Waals surface area contributed by atoms with Gasteiger partial charge in [-0.15, -0.1) is 0 Å². The molecule has 104 valence electrons. The third-order valence-electron chi connectivity index (χ3n) is 3.50. The molecule has 1 heterocycles. The Labute approximate surface area is 119 Å². The maximum atomic E-state index is 11.8. The first-order valence-electron chi connectivity index (χ1n) is 6.33. The van der Waals surface area contributed by atoms with Gasteiger partial charge < -0.3 is 23.5 Å². The smallest absolute Gasteiger partial charge is 0.253 e. The SMILES string of the molecule is CCC1(C)N=C([C@@H]([NH3+])Cc2ccccc2)NC1=O.[Cl-]. The third-order valence-corrected chi connectivity index (χ3v) is 3.50. The molecule has 0 radical (unpaired) electrons. The molecule has 1 unspecified atom stereocenters. The second-order valence-electron chi connectivity index (χ2n) is 4.97. The average Bonchev–Trinajstić information content (AvgIpc) is 2.68. The third kappa shape index (κ3) is 3.33. The number of aliphatic imine (C=N–C) groups is 1. The lowest BCUT2D eigenvalue weighted by Gasteiger charge is -2.13. The number of halogens is 1. The first-order chi connectivity index (χ1) is 8.55. The minimum atomic E-state index is -0.609. The van der Waals surface area contributed by atoms with E-state index in [1.807, 2.05) is 32.0 Å². The van der Waals surface area contributed by atoms with Crippen LogP contribution in [0.25, 0.3) is 0 Å². The van der Waals surface area contributed by atoms with E-state index < -0.39 is 5.54 Å². The summed E-state index contributed by atoms with van der Waals surface area (Å²) < 4.78 is 0. The largest absolute Gasteiger partial charge is 1.00 e. The van der Waals surface area contributed by atoms with Crippen LogP contribution in [0, 0.1) is 0 Å². The number of quaternary nitrogens is 1. The predicted octanol–water partition coefficient (Wildman–Crippen LogP) is -2.46. The van der Waals surface area contributed by atoms with E-state index >= 15 is 0 Å². The van der Waals surface area contributed by atoms with E-state index in [1.165, 1.54) is 5.56 Å². The highest BCUT2D eigenvalue weighted by molar-refractivity contribution is 6.09. The Morgan fingerprint density at radius 2 is 2.00 bits per heavy atom. The highest BCUT2D eigenvalue weighted by Crippen LogP contribution is 2.20. The van der Waals surface area contributed by atoms with Gasteiger partial charge in [0.05, 0.1) is 0 Å². The number of amides is 1. The van der Waals surface area contributed by atoms with Crippen molar-refractivity contribution in [3.8, 4) is 0 Å². The van der Waals surface area contributed by atoms with E-state index in [9.17, 15) is 4.79 Å². The molecule has 1 aliphatic heterocycles. The van der Waals surface area contributed by atoms with Crippen LogP contribution in [0.15, 0.2) is 35.3 Å². The van der Waals surface area contributed by atoms with Crippen LogP contribution in [0.1, 0.15) is 25.8 Å². The minimum Gasteiger partial charge on any atom is -1.00 e. The normalized spacial score (nSPS) is 23.3. The Morgan fingerprint density at radius 3 is 2.53 bits per heavy atom. The van der Waals surface area contributed by atoms with Crippen molar-refractivity contribution in [2.75, 3.05) is 0 Å². The highest BCUT2D eigenvalue weighted by atomic mass is 35.5. The molecule has 0 saturated carbocycles. The van der Waals surface area contributed by atoms with Gasteiger partial charge >= 0.3 is 0 Å². The second kappa shape index (κ2) is 6.17. The fourth-order valence-electron chi connectivity index (χ4n) is 2.02. The molecule has 0 aliphatic carbocycles. The molecule has 1 aliphatic rings. The Hall–Kier alpha value is -1.39. The number of amidine groups is 1. The number of benzene rings is 1. The summed E-state index contributed by atoms with van der Waals surface area (Å²) in [5.41, 5.74) is 4.70. The molecule has 4 nitrogen and oxygen atoms in total. The summed E-state index contributed by atoms with van der Waals surface area (Å²) in [6.45, 7) is 3.84. The summed E-state index contributed by atoms with van der Waals surface area (Å²) in [5.74, 6) is 0.704. The number of hydrogen-bond acceptors (Lipinski definition) is 2. The molecule has 2 atom stereocenters. The summed E-state index contributed by atoms with van der Waals surface area (Å²) in [6.07, 6.45) is 1.50. The topological polar surface area (TPSA) is 69.1 Å². The Morgan fingerprint density at radius 1 is 1.37 bits per heavy atom. The fourth-order valence-corrected chi connectivity index (χ4v) is 2.02. The molecule has 1 amide bonds. The predicted molar refractivity (Wildman–Crippen MR) is 71.1 cm³/mol. The van der Waals surface area contributed by atoms with Crippen LogP contribution in [0.3, 0.4) is 0 Å². The van der Waals surface area contributed by atoms with Crippen molar-refractivity contribution in [3.05, 3.63) is 35.9 Å². The van der Waals surface area contributed by atoms with Gasteiger partial charge in [-0.25, -0.2) is 0 Å². The van der Waals surface area contributed by atoms with Crippen LogP contribution < -0.4 is 23.5 Å². The molecule has 1 aromatic rings. The Kier molecular flexibility index (Phi) is 5.09. The van der Waals surface area contributed by atoms with Crippen molar-refractivity contribution in [3.63, 3.8) is 0 Å². The molecular formula is C14H20ClN3O. The number of hydrogen-bond donors (Lipinski definition) is 2. The molecule has 0 aromatic heterocycles. The second-order valence-corrected chi connectivity index (χ2v) is 4.97. The zero-order valence-corrected chi connectivity index (χ0v) is 12.1. The Bertz CT molecular complexity index is 475. The number of carbonyl (C=O) groups is 1. The van der Waals surface area contributed by atoms with Gasteiger partial charge in [-0.1, -0.05) is 37.3 Å². The van der Waals surface area contributed by atoms with Crippen molar-refractivity contribution < 1.29 is 22.9 Å². The van der Waals surface area contributed by atoms with E-state index in [2.05, 4.69) is 28.2 Å². The lowest BCUT2D eigenvalue weighted by atomic mass is 10.0. The van der Waals surface area contributed by atoms with E-state index in [0.29, 0.717) is 12.3 Å². The first kappa shape index (κ1) is 15.7. The van der Waals surface area contributed by atoms with Gasteiger partial charge in [0.1, 0.15) is 11.6 Å². The molecule has 0 saturated heterocycles. The zero-order chi connectivity index (χ0) is 13.2. The van der Waals surface area contributed by atoms with E-state index in [-0.39, 0.29) is 24.4 Å². The molecular weight excluding hydrogens is 262 g/mol. The van der Waals surface area contributed by atoms with Gasteiger partial charge in [0.2, 0.25) is 0 Å². The van der Waals surface area contributed by atoms with Crippen LogP contribution in [-0.4, -0.2) is 23.3 Å². The molecule has 0 fully saturated rings. The van der Waals surface area contributed by atoms with Crippen LogP contribution in [0.4, 0.5) is 0 Å². The number of nitrogens with zero attached hydrogens (tertiary/aromatic N) is 1. The number of nitrogens with one attached hydrogen (secondary N) is 1. The average molecular weight is 282 g/mol. The van der Waals surface area contributed by atoms with Gasteiger partial charge in [-0.2, -0.15) is 0 Å². The lowest BCUT2D eigenvalue weighted by Crippen LogP contribution is -3.00. The van der Waals surface area contributed by atoms with Gasteiger partial charge in [-0.3, -0.25) is 9.79 Å². The summed E-state index contributed by atoms with van der Waals surface area (Å²) >= 11 is 0. The fraction of sp³-hybridized carbons (Fsp3) is 0.429. The molecule has 4 N–H and O–H groups in total. The molecule has 1 aromatic carbocycles. The summed E-state index contributed by atoms with van der Waals surface area (Å²) in [5, 5.41) is 2.86. The van der Waals surface area contributed by atoms with Crippen molar-refractivity contribution in [2.24, 2.45) is 4.99 Å². The minimum absolute atomic E-state index is 0. The number of carbonyl (C=O) groups excluding carboxylic acids is 1. The van der Waals surface area contributed by atoms with Crippen molar-refractivity contribution >= 4 is 11.7 Å². The van der Waals surface area contributed by atoms with Gasteiger partial charge in [0, 0.05) is 6.42 Å². The maximum Gasteiger partial charge on any atom is 0.253 e. The van der Waals surface area contributed by atoms with Crippen molar-refractivity contribution in [1.82, 2.24) is 5.32 Å². The standard InChI is InChI=1S/C14H19N3O.ClH/c1-3-14(2)13(18)16-12(17-14)11(15)9-10-7-5-4-6-8-10;/h4-8,11H,3,9,15H2,1-2H3,(H,16,17,18);1H/t11-,14?;/m0./s1. The molecule has 0 bridgehead atoms. The van der Waals surface area contributed by atoms with Crippen molar-refractivity contribution in [2.45, 2.75) is 38.3 Å². The zero-order valence-electron chi connectivity index (χ0n) is 11.3. The Balaban J connectivity index is 0.00000180. The maximum absolute atomic E-state index is 11.8.